The van der Waals surface area contributed by atoms with Crippen molar-refractivity contribution in [3.05, 3.63) is 73.6 Å². The van der Waals surface area contributed by atoms with Crippen LogP contribution in [0.15, 0.2) is 51.3 Å². The first-order valence-electron chi connectivity index (χ1n) is 13.1. The second kappa shape index (κ2) is 10.9. The van der Waals surface area contributed by atoms with Gasteiger partial charge in [-0.15, -0.1) is 0 Å². The molecular formula is C33H44Cl2Zr. The van der Waals surface area contributed by atoms with Crippen LogP contribution in [0.3, 0.4) is 0 Å². The fraction of sp³-hybridized carbons (Fsp3) is 0.515. The minimum atomic E-state index is -0.921. The van der Waals surface area contributed by atoms with Crippen molar-refractivity contribution in [1.82, 2.24) is 0 Å². The van der Waals surface area contributed by atoms with E-state index in [0.29, 0.717) is 11.8 Å². The third-order valence-electron chi connectivity index (χ3n) is 7.64. The zero-order valence-corrected chi connectivity index (χ0v) is 28.1. The van der Waals surface area contributed by atoms with Crippen molar-refractivity contribution < 1.29 is 48.0 Å². The van der Waals surface area contributed by atoms with E-state index in [2.05, 4.69) is 119 Å². The Bertz CT molecular complexity index is 1180. The summed E-state index contributed by atoms with van der Waals surface area (Å²) in [6, 6.07) is 12.4. The molecular weight excluding hydrogens is 558 g/mol. The van der Waals surface area contributed by atoms with Crippen LogP contribution in [-0.4, -0.2) is 0 Å². The molecule has 4 rings (SSSR count). The fourth-order valence-corrected chi connectivity index (χ4v) is 9.41. The number of fused-ring (bicyclic) bond motifs is 3. The molecule has 0 aliphatic heterocycles. The van der Waals surface area contributed by atoms with Gasteiger partial charge in [0.05, 0.1) is 0 Å². The van der Waals surface area contributed by atoms with Gasteiger partial charge >= 0.3 is 222 Å². The van der Waals surface area contributed by atoms with Crippen molar-refractivity contribution in [3.63, 3.8) is 0 Å². The average Bonchev–Trinajstić information content (AvgIpc) is 3.28. The Kier molecular flexibility index (Phi) is 9.54. The van der Waals surface area contributed by atoms with E-state index < -0.39 is 23.2 Å². The van der Waals surface area contributed by atoms with Crippen LogP contribution in [0.5, 0.6) is 0 Å². The summed E-state index contributed by atoms with van der Waals surface area (Å²) < 4.78 is 3.48. The van der Waals surface area contributed by atoms with Gasteiger partial charge in [0.2, 0.25) is 0 Å². The molecule has 0 saturated carbocycles. The second-order valence-electron chi connectivity index (χ2n) is 14.0. The van der Waals surface area contributed by atoms with Gasteiger partial charge in [0.25, 0.3) is 0 Å². The largest absolute Gasteiger partial charge is 1.00 e. The van der Waals surface area contributed by atoms with E-state index >= 15 is 0 Å². The maximum atomic E-state index is 2.61. The Balaban J connectivity index is 0.00000228. The summed E-state index contributed by atoms with van der Waals surface area (Å²) in [5, 5.41) is 0. The van der Waals surface area contributed by atoms with Crippen LogP contribution in [0.1, 0.15) is 98.4 Å². The molecule has 1 atom stereocenters. The Morgan fingerprint density at radius 2 is 1.33 bits per heavy atom. The molecule has 36 heavy (non-hydrogen) atoms. The van der Waals surface area contributed by atoms with Crippen LogP contribution in [0.25, 0.3) is 11.1 Å². The van der Waals surface area contributed by atoms with Crippen molar-refractivity contribution >= 4 is 3.27 Å². The minimum Gasteiger partial charge on any atom is -1.00 e. The molecule has 1 unspecified atom stereocenters. The molecule has 0 bridgehead atoms. The Morgan fingerprint density at radius 3 is 1.86 bits per heavy atom. The maximum Gasteiger partial charge on any atom is -1.00 e. The van der Waals surface area contributed by atoms with E-state index in [4.69, 9.17) is 0 Å². The molecule has 0 N–H and O–H groups in total. The van der Waals surface area contributed by atoms with Crippen LogP contribution in [0, 0.1) is 17.3 Å². The van der Waals surface area contributed by atoms with Crippen LogP contribution in [0.2, 0.25) is 0 Å². The molecule has 194 valence electrons. The Labute approximate surface area is 245 Å². The molecule has 3 heteroatoms. The number of allylic oxidation sites excluding steroid dienone is 4. The minimum absolute atomic E-state index is 0. The topological polar surface area (TPSA) is 0 Å². The van der Waals surface area contributed by atoms with Gasteiger partial charge in [-0.1, -0.05) is 0 Å². The van der Waals surface area contributed by atoms with Crippen molar-refractivity contribution in [2.24, 2.45) is 17.3 Å². The SMILES string of the molecule is CC(C)C1C=C(C(C)(C)C)C=[C]1[Zr+2][c]1cc(C(C)(C)C)cc2c1Cc1ccc(C(C)(C)C)cc1-2.[Cl-].[Cl-]. The molecule has 0 amide bonds. The summed E-state index contributed by atoms with van der Waals surface area (Å²) in [4.78, 5) is 0. The van der Waals surface area contributed by atoms with Crippen molar-refractivity contribution in [1.29, 1.82) is 0 Å². The first-order chi connectivity index (χ1) is 15.6. The van der Waals surface area contributed by atoms with Gasteiger partial charge in [-0.2, -0.15) is 0 Å². The first-order valence-corrected chi connectivity index (χ1v) is 15.5. The zero-order valence-electron chi connectivity index (χ0n) is 24.2. The number of benzene rings is 2. The summed E-state index contributed by atoms with van der Waals surface area (Å²) in [5.41, 5.74) is 11.2. The molecule has 0 heterocycles. The predicted molar refractivity (Wildman–Crippen MR) is 146 cm³/mol. The van der Waals surface area contributed by atoms with Crippen LogP contribution >= 0.6 is 0 Å². The second-order valence-corrected chi connectivity index (χ2v) is 17.3. The third kappa shape index (κ3) is 6.33. The summed E-state index contributed by atoms with van der Waals surface area (Å²) in [6.45, 7) is 26.0. The molecule has 0 fully saturated rings. The molecule has 0 saturated heterocycles. The van der Waals surface area contributed by atoms with Crippen LogP contribution < -0.4 is 28.1 Å². The van der Waals surface area contributed by atoms with Gasteiger partial charge in [0, 0.05) is 0 Å². The van der Waals surface area contributed by atoms with Gasteiger partial charge < -0.3 is 24.8 Å². The molecule has 0 spiro atoms. The fourth-order valence-electron chi connectivity index (χ4n) is 5.17. The average molecular weight is 603 g/mol. The Hall–Kier alpha value is -0.617. The molecule has 2 aromatic carbocycles. The van der Waals surface area contributed by atoms with Gasteiger partial charge in [-0.25, -0.2) is 0 Å². The number of hydrogen-bond acceptors (Lipinski definition) is 0. The summed E-state index contributed by atoms with van der Waals surface area (Å²) in [7, 11) is 0. The number of halogens is 2. The van der Waals surface area contributed by atoms with E-state index in [0.717, 1.165) is 6.42 Å². The van der Waals surface area contributed by atoms with Crippen molar-refractivity contribution in [2.75, 3.05) is 0 Å². The number of hydrogen-bond donors (Lipinski definition) is 0. The van der Waals surface area contributed by atoms with Crippen molar-refractivity contribution in [2.45, 2.75) is 93.4 Å². The van der Waals surface area contributed by atoms with Gasteiger partial charge in [-0.05, 0) is 0 Å². The standard InChI is InChI=1S/C21H25.C12H19.2ClH.Zr/c1-20(2,3)16-9-7-14-11-15-8-10-17(21(4,5)6)13-19(15)18(14)12-16;1-9(2)10-6-7-11(8-10)12(3,4)5;;;/h7,9-10,12-13H,11H2,1-6H3;7-10H,1-5H3;2*1H;/q;;;;+2/p-2. The third-order valence-corrected chi connectivity index (χ3v) is 11.3. The smallest absolute Gasteiger partial charge is 1.00 e. The van der Waals surface area contributed by atoms with E-state index in [9.17, 15) is 0 Å². The quantitative estimate of drug-likeness (QED) is 0.433. The summed E-state index contributed by atoms with van der Waals surface area (Å²) in [6.07, 6.45) is 6.31. The number of rotatable bonds is 3. The van der Waals surface area contributed by atoms with E-state index in [1.165, 1.54) is 27.8 Å². The van der Waals surface area contributed by atoms with Crippen LogP contribution in [-0.2, 0) is 40.5 Å². The van der Waals surface area contributed by atoms with Crippen molar-refractivity contribution in [3.8, 4) is 11.1 Å². The van der Waals surface area contributed by atoms with Gasteiger partial charge in [-0.3, -0.25) is 0 Å². The van der Waals surface area contributed by atoms with Gasteiger partial charge in [0.15, 0.2) is 0 Å². The molecule has 0 radical (unpaired) electrons. The maximum absolute atomic E-state index is 2.61. The zero-order chi connectivity index (χ0) is 25.2. The Morgan fingerprint density at radius 1 is 0.750 bits per heavy atom. The monoisotopic (exact) mass is 600 g/mol. The molecule has 2 aromatic rings. The van der Waals surface area contributed by atoms with E-state index in [1.807, 2.05) is 0 Å². The summed E-state index contributed by atoms with van der Waals surface area (Å²) >= 11 is -0.921. The van der Waals surface area contributed by atoms with E-state index in [-0.39, 0.29) is 41.1 Å². The summed E-state index contributed by atoms with van der Waals surface area (Å²) in [5.74, 6) is 1.28. The molecule has 2 aliphatic carbocycles. The predicted octanol–water partition coefficient (Wildman–Crippen LogP) is 2.71. The molecule has 0 nitrogen and oxygen atoms in total. The normalized spacial score (nSPS) is 16.9. The first kappa shape index (κ1) is 31.6. The van der Waals surface area contributed by atoms with Crippen LogP contribution in [0.4, 0.5) is 0 Å². The molecule has 0 aromatic heterocycles. The van der Waals surface area contributed by atoms with Gasteiger partial charge in [0.1, 0.15) is 0 Å². The molecule has 2 aliphatic rings. The van der Waals surface area contributed by atoms with E-state index in [1.54, 1.807) is 17.7 Å².